The maximum absolute atomic E-state index is 12.7. The normalized spacial score (nSPS) is 14.8. The molecular formula is C47H83NO8S. The quantitative estimate of drug-likeness (QED) is 0.0203. The number of thioether (sulfide) groups is 1. The zero-order valence-electron chi connectivity index (χ0n) is 36.2. The highest BCUT2D eigenvalue weighted by Gasteiger charge is 2.24. The summed E-state index contributed by atoms with van der Waals surface area (Å²) in [6, 6.07) is -1.05. The lowest BCUT2D eigenvalue weighted by Crippen LogP contribution is -2.40. The number of aliphatic hydroxyl groups excluding tert-OH is 2. The predicted octanol–water partition coefficient (Wildman–Crippen LogP) is 11.0. The monoisotopic (exact) mass is 822 g/mol. The third-order valence-corrected chi connectivity index (χ3v) is 11.6. The van der Waals surface area contributed by atoms with Gasteiger partial charge in [-0.1, -0.05) is 179 Å². The topological polar surface area (TPSA) is 156 Å². The van der Waals surface area contributed by atoms with E-state index < -0.39 is 42.0 Å². The van der Waals surface area contributed by atoms with Gasteiger partial charge in [0.2, 0.25) is 0 Å². The maximum atomic E-state index is 12.7. The van der Waals surface area contributed by atoms with E-state index in [0.717, 1.165) is 38.0 Å². The number of rotatable bonds is 40. The second kappa shape index (κ2) is 40.4. The number of allylic oxidation sites excluding steroid dienone is 7. The summed E-state index contributed by atoms with van der Waals surface area (Å²) < 4.78 is 10.6. The van der Waals surface area contributed by atoms with Gasteiger partial charge in [-0.2, -0.15) is 0 Å². The Kier molecular flexibility index (Phi) is 38.7. The van der Waals surface area contributed by atoms with Crippen LogP contribution in [-0.4, -0.2) is 75.7 Å². The molecule has 0 fully saturated rings. The molecule has 0 aliphatic heterocycles. The molecule has 5 N–H and O–H groups in total. The summed E-state index contributed by atoms with van der Waals surface area (Å²) in [5, 5.41) is 29.1. The molecule has 0 aliphatic carbocycles. The molecule has 0 amide bonds. The molecule has 10 heteroatoms. The van der Waals surface area contributed by atoms with Crippen molar-refractivity contribution >= 4 is 29.7 Å². The Labute approximate surface area is 351 Å². The zero-order valence-corrected chi connectivity index (χ0v) is 37.0. The molecule has 0 aromatic carbocycles. The number of carboxylic acid groups (broad SMARTS) is 1. The molecule has 0 saturated heterocycles. The molecule has 0 heterocycles. The van der Waals surface area contributed by atoms with E-state index in [1.165, 1.54) is 114 Å². The lowest BCUT2D eigenvalue weighted by Gasteiger charge is -2.22. The molecule has 0 aromatic rings. The van der Waals surface area contributed by atoms with Crippen LogP contribution in [0.1, 0.15) is 181 Å². The molecule has 5 atom stereocenters. The van der Waals surface area contributed by atoms with Gasteiger partial charge in [0.05, 0.1) is 12.7 Å². The highest BCUT2D eigenvalue weighted by Crippen LogP contribution is 2.22. The zero-order chi connectivity index (χ0) is 42.2. The molecule has 0 radical (unpaired) electrons. The second-order valence-electron chi connectivity index (χ2n) is 15.6. The lowest BCUT2D eigenvalue weighted by molar-refractivity contribution is -0.162. The van der Waals surface area contributed by atoms with E-state index in [1.807, 2.05) is 30.4 Å². The Balaban J connectivity index is 4.37. The number of carbonyl (C=O) groups is 3. The van der Waals surface area contributed by atoms with Crippen LogP contribution in [0.5, 0.6) is 0 Å². The Morgan fingerprint density at radius 2 is 1.33 bits per heavy atom. The van der Waals surface area contributed by atoms with Crippen LogP contribution in [0.2, 0.25) is 0 Å². The fourth-order valence-corrected chi connectivity index (χ4v) is 7.32. The minimum Gasteiger partial charge on any atom is -0.481 e. The van der Waals surface area contributed by atoms with E-state index in [1.54, 1.807) is 0 Å². The van der Waals surface area contributed by atoms with E-state index >= 15 is 0 Å². The standard InChI is InChI=1S/C47H83NO8S/c1-4-6-7-8-9-10-11-17-20-23-26-29-34-44(43(50)33-31-35-45(51)52)57-39-42(48)47(54)56-41(37-49)38-55-46(53)36-30-27-24-21-18-15-13-12-14-16-19-22-25-28-32-40(3)5-2/h9-10,17,20,23,26,29,34,40-44,49-50H,4-8,11-16,18-19,21-22,24-25,27-28,30-33,35-39,48H2,1-3H3,(H,51,52)/b10-9-,20-17-,26-23+,34-29+/t40?,41-,42-,43-,44+/m0/s1. The third-order valence-electron chi connectivity index (χ3n) is 10.2. The number of esters is 2. The van der Waals surface area contributed by atoms with Gasteiger partial charge in [-0.05, 0) is 44.4 Å². The first-order chi connectivity index (χ1) is 27.6. The number of unbranched alkanes of at least 4 members (excludes halogenated alkanes) is 16. The first-order valence-corrected chi connectivity index (χ1v) is 23.6. The fraction of sp³-hybridized carbons (Fsp3) is 0.766. The van der Waals surface area contributed by atoms with Gasteiger partial charge < -0.3 is 30.5 Å². The van der Waals surface area contributed by atoms with Crippen LogP contribution in [0.15, 0.2) is 48.6 Å². The van der Waals surface area contributed by atoms with Crippen molar-refractivity contribution in [1.29, 1.82) is 0 Å². The SMILES string of the molecule is CCCCC/C=C\C\C=C/C=C/C=C/[C@@H](SC[C@H](N)C(=O)O[C@@H](CO)COC(=O)CCCCCCCCCCCCCCCCC(C)CC)[C@@H](O)CCCC(=O)O. The van der Waals surface area contributed by atoms with Crippen molar-refractivity contribution in [3.63, 3.8) is 0 Å². The van der Waals surface area contributed by atoms with Gasteiger partial charge in [0, 0.05) is 23.8 Å². The largest absolute Gasteiger partial charge is 0.481 e. The van der Waals surface area contributed by atoms with E-state index in [2.05, 4.69) is 39.0 Å². The van der Waals surface area contributed by atoms with Gasteiger partial charge in [-0.15, -0.1) is 11.8 Å². The first kappa shape index (κ1) is 54.6. The van der Waals surface area contributed by atoms with Gasteiger partial charge >= 0.3 is 17.9 Å². The van der Waals surface area contributed by atoms with Crippen LogP contribution >= 0.6 is 11.8 Å². The summed E-state index contributed by atoms with van der Waals surface area (Å²) in [5.41, 5.74) is 6.12. The smallest absolute Gasteiger partial charge is 0.324 e. The van der Waals surface area contributed by atoms with Crippen LogP contribution in [0.4, 0.5) is 0 Å². The van der Waals surface area contributed by atoms with E-state index in [0.29, 0.717) is 6.42 Å². The Bertz CT molecular complexity index is 1090. The summed E-state index contributed by atoms with van der Waals surface area (Å²) in [7, 11) is 0. The summed E-state index contributed by atoms with van der Waals surface area (Å²) in [6.45, 7) is 6.07. The molecule has 0 rings (SSSR count). The van der Waals surface area contributed by atoms with E-state index in [4.69, 9.17) is 20.3 Å². The van der Waals surface area contributed by atoms with Crippen molar-refractivity contribution in [2.75, 3.05) is 19.0 Å². The Hall–Kier alpha value is -2.40. The van der Waals surface area contributed by atoms with Gasteiger partial charge in [-0.3, -0.25) is 14.4 Å². The fourth-order valence-electron chi connectivity index (χ4n) is 6.19. The van der Waals surface area contributed by atoms with Gasteiger partial charge in [0.1, 0.15) is 12.6 Å². The number of carboxylic acids is 1. The molecule has 0 saturated carbocycles. The van der Waals surface area contributed by atoms with E-state index in [9.17, 15) is 24.6 Å². The predicted molar refractivity (Wildman–Crippen MR) is 238 cm³/mol. The van der Waals surface area contributed by atoms with Gasteiger partial charge in [0.15, 0.2) is 6.10 Å². The number of hydrogen-bond donors (Lipinski definition) is 4. The van der Waals surface area contributed by atoms with Crippen LogP contribution in [0.3, 0.4) is 0 Å². The second-order valence-corrected chi connectivity index (χ2v) is 16.8. The summed E-state index contributed by atoms with van der Waals surface area (Å²) in [4.78, 5) is 36.0. The first-order valence-electron chi connectivity index (χ1n) is 22.5. The van der Waals surface area contributed by atoms with Gasteiger partial charge in [0.25, 0.3) is 0 Å². The van der Waals surface area contributed by atoms with Gasteiger partial charge in [-0.25, -0.2) is 0 Å². The minimum absolute atomic E-state index is 0.0475. The minimum atomic E-state index is -1.05. The number of ether oxygens (including phenoxy) is 2. The molecule has 0 spiro atoms. The number of carbonyl (C=O) groups excluding carboxylic acids is 2. The lowest BCUT2D eigenvalue weighted by atomic mass is 9.99. The molecular weight excluding hydrogens is 739 g/mol. The average molecular weight is 822 g/mol. The van der Waals surface area contributed by atoms with Crippen molar-refractivity contribution in [3.8, 4) is 0 Å². The van der Waals surface area contributed by atoms with Crippen molar-refractivity contribution in [1.82, 2.24) is 0 Å². The molecule has 9 nitrogen and oxygen atoms in total. The van der Waals surface area contributed by atoms with Crippen LogP contribution in [0, 0.1) is 5.92 Å². The molecule has 57 heavy (non-hydrogen) atoms. The Morgan fingerprint density at radius 3 is 1.93 bits per heavy atom. The number of hydrogen-bond acceptors (Lipinski definition) is 9. The maximum Gasteiger partial charge on any atom is 0.324 e. The van der Waals surface area contributed by atoms with Crippen LogP contribution in [-0.2, 0) is 23.9 Å². The van der Waals surface area contributed by atoms with Crippen molar-refractivity contribution in [2.24, 2.45) is 11.7 Å². The highest BCUT2D eigenvalue weighted by atomic mass is 32.2. The van der Waals surface area contributed by atoms with Crippen molar-refractivity contribution < 1.29 is 39.2 Å². The van der Waals surface area contributed by atoms with Crippen molar-refractivity contribution in [3.05, 3.63) is 48.6 Å². The number of aliphatic hydroxyl groups is 2. The molecule has 1 unspecified atom stereocenters. The summed E-state index contributed by atoms with van der Waals surface area (Å²) in [5.74, 6) is -1.05. The summed E-state index contributed by atoms with van der Waals surface area (Å²) in [6.07, 6.45) is 40.4. The third kappa shape index (κ3) is 36.4. The van der Waals surface area contributed by atoms with Crippen LogP contribution in [0.25, 0.3) is 0 Å². The summed E-state index contributed by atoms with van der Waals surface area (Å²) >= 11 is 1.27. The van der Waals surface area contributed by atoms with E-state index in [-0.39, 0.29) is 37.6 Å². The molecule has 0 aliphatic rings. The van der Waals surface area contributed by atoms with Crippen LogP contribution < -0.4 is 5.73 Å². The van der Waals surface area contributed by atoms with Crippen molar-refractivity contribution in [2.45, 2.75) is 205 Å². The number of nitrogens with two attached hydrogens (primary N) is 1. The Morgan fingerprint density at radius 1 is 0.719 bits per heavy atom. The average Bonchev–Trinajstić information content (AvgIpc) is 3.20. The molecule has 0 aromatic heterocycles. The molecule has 330 valence electrons. The molecule has 0 bridgehead atoms. The number of aliphatic carboxylic acids is 1. The highest BCUT2D eigenvalue weighted by molar-refractivity contribution is 8.00.